The zero-order valence-electron chi connectivity index (χ0n) is 15.5. The number of nitrogens with two attached hydrogens (primary N) is 1. The second kappa shape index (κ2) is 8.04. The fourth-order valence-electron chi connectivity index (χ4n) is 4.29. The minimum atomic E-state index is -0.849. The molecular weight excluding hydrogens is 364 g/mol. The number of nitrogens with zero attached hydrogens (tertiary/aromatic N) is 1. The van der Waals surface area contributed by atoms with E-state index in [2.05, 4.69) is 15.5 Å². The third-order valence-corrected chi connectivity index (χ3v) is 5.81. The molecule has 0 radical (unpaired) electrons. The van der Waals surface area contributed by atoms with Crippen molar-refractivity contribution in [2.24, 2.45) is 11.7 Å². The lowest BCUT2D eigenvalue weighted by Crippen LogP contribution is -2.66. The van der Waals surface area contributed by atoms with E-state index in [9.17, 15) is 14.7 Å². The molecule has 0 spiro atoms. The second-order valence-corrected chi connectivity index (χ2v) is 7.56. The van der Waals surface area contributed by atoms with Crippen molar-refractivity contribution in [3.05, 3.63) is 30.3 Å². The van der Waals surface area contributed by atoms with E-state index in [0.717, 1.165) is 0 Å². The number of primary amides is 1. The van der Waals surface area contributed by atoms with Crippen LogP contribution in [0.25, 0.3) is 0 Å². The van der Waals surface area contributed by atoms with E-state index >= 15 is 0 Å². The number of rotatable bonds is 4. The van der Waals surface area contributed by atoms with Crippen molar-refractivity contribution in [3.8, 4) is 0 Å². The number of aliphatic hydroxyl groups excluding tert-OH is 1. The molecule has 1 aromatic carbocycles. The Hall–Kier alpha value is -2.20. The summed E-state index contributed by atoms with van der Waals surface area (Å²) in [7, 11) is 0. The number of amides is 3. The lowest BCUT2D eigenvalue weighted by molar-refractivity contribution is -0.184. The first-order valence-electron chi connectivity index (χ1n) is 9.64. The molecule has 3 amide bonds. The van der Waals surface area contributed by atoms with Gasteiger partial charge in [-0.2, -0.15) is 0 Å². The SMILES string of the molecule is NC(=O)C1CCN(C2C3OCC(O3)C(NC(=O)Nc3ccccc3)C2O)CC1. The maximum absolute atomic E-state index is 12.4. The highest BCUT2D eigenvalue weighted by Gasteiger charge is 2.53. The van der Waals surface area contributed by atoms with E-state index in [1.165, 1.54) is 0 Å². The zero-order chi connectivity index (χ0) is 19.7. The molecule has 152 valence electrons. The number of likely N-dealkylation sites (tertiary alicyclic amines) is 1. The lowest BCUT2D eigenvalue weighted by atomic mass is 9.90. The van der Waals surface area contributed by atoms with E-state index in [0.29, 0.717) is 38.2 Å². The van der Waals surface area contributed by atoms with Gasteiger partial charge in [-0.25, -0.2) is 4.79 Å². The van der Waals surface area contributed by atoms with Crippen LogP contribution < -0.4 is 16.4 Å². The molecule has 1 aromatic rings. The van der Waals surface area contributed by atoms with Gasteiger partial charge in [0, 0.05) is 11.6 Å². The smallest absolute Gasteiger partial charge is 0.319 e. The summed E-state index contributed by atoms with van der Waals surface area (Å²) in [6.07, 6.45) is -0.512. The van der Waals surface area contributed by atoms with Crippen LogP contribution in [0.15, 0.2) is 30.3 Å². The molecule has 0 saturated carbocycles. The van der Waals surface area contributed by atoms with Crippen molar-refractivity contribution in [3.63, 3.8) is 0 Å². The van der Waals surface area contributed by atoms with E-state index in [1.807, 2.05) is 18.2 Å². The monoisotopic (exact) mass is 390 g/mol. The van der Waals surface area contributed by atoms with Gasteiger partial charge in [0.2, 0.25) is 5.91 Å². The number of carbonyl (C=O) groups is 2. The average molecular weight is 390 g/mol. The number of benzene rings is 1. The first-order chi connectivity index (χ1) is 13.5. The third kappa shape index (κ3) is 3.83. The molecule has 5 N–H and O–H groups in total. The predicted molar refractivity (Wildman–Crippen MR) is 100 cm³/mol. The summed E-state index contributed by atoms with van der Waals surface area (Å²) in [5.74, 6) is -0.421. The molecule has 3 aliphatic rings. The fraction of sp³-hybridized carbons (Fsp3) is 0.579. The van der Waals surface area contributed by atoms with Gasteiger partial charge in [-0.3, -0.25) is 9.69 Å². The highest BCUT2D eigenvalue weighted by atomic mass is 16.7. The number of hydrogen-bond acceptors (Lipinski definition) is 6. The number of anilines is 1. The summed E-state index contributed by atoms with van der Waals surface area (Å²) in [5, 5.41) is 16.6. The Labute approximate surface area is 163 Å². The Morgan fingerprint density at radius 3 is 2.57 bits per heavy atom. The van der Waals surface area contributed by atoms with Gasteiger partial charge in [0.15, 0.2) is 6.29 Å². The Bertz CT molecular complexity index is 710. The number of nitrogens with one attached hydrogen (secondary N) is 2. The number of aliphatic hydroxyl groups is 1. The molecule has 5 unspecified atom stereocenters. The van der Waals surface area contributed by atoms with E-state index in [1.54, 1.807) is 12.1 Å². The number of para-hydroxylation sites is 1. The van der Waals surface area contributed by atoms with Crippen molar-refractivity contribution >= 4 is 17.6 Å². The van der Waals surface area contributed by atoms with Gasteiger partial charge in [-0.05, 0) is 38.1 Å². The van der Waals surface area contributed by atoms with Gasteiger partial charge in [0.25, 0.3) is 0 Å². The summed E-state index contributed by atoms with van der Waals surface area (Å²) in [6.45, 7) is 1.55. The van der Waals surface area contributed by atoms with Crippen LogP contribution in [0.5, 0.6) is 0 Å². The highest BCUT2D eigenvalue weighted by molar-refractivity contribution is 5.89. The minimum absolute atomic E-state index is 0.138. The van der Waals surface area contributed by atoms with E-state index < -0.39 is 36.6 Å². The van der Waals surface area contributed by atoms with E-state index in [-0.39, 0.29) is 11.8 Å². The Morgan fingerprint density at radius 1 is 1.18 bits per heavy atom. The fourth-order valence-corrected chi connectivity index (χ4v) is 4.29. The molecule has 2 bridgehead atoms. The first-order valence-corrected chi connectivity index (χ1v) is 9.64. The van der Waals surface area contributed by atoms with Crippen molar-refractivity contribution in [2.45, 2.75) is 43.4 Å². The van der Waals surface area contributed by atoms with Crippen LogP contribution in [0.1, 0.15) is 12.8 Å². The second-order valence-electron chi connectivity index (χ2n) is 7.56. The molecule has 3 heterocycles. The molecule has 3 saturated heterocycles. The Morgan fingerprint density at radius 2 is 1.89 bits per heavy atom. The topological polar surface area (TPSA) is 126 Å². The van der Waals surface area contributed by atoms with Crippen LogP contribution in [0.3, 0.4) is 0 Å². The maximum atomic E-state index is 12.4. The summed E-state index contributed by atoms with van der Waals surface area (Å²) in [6, 6.07) is 7.68. The molecule has 9 nitrogen and oxygen atoms in total. The van der Waals surface area contributed by atoms with Crippen LogP contribution in [0.4, 0.5) is 10.5 Å². The van der Waals surface area contributed by atoms with Crippen LogP contribution >= 0.6 is 0 Å². The predicted octanol–water partition coefficient (Wildman–Crippen LogP) is -0.141. The van der Waals surface area contributed by atoms with Gasteiger partial charge in [0.1, 0.15) is 6.10 Å². The highest BCUT2D eigenvalue weighted by Crippen LogP contribution is 2.33. The summed E-state index contributed by atoms with van der Waals surface area (Å²) >= 11 is 0. The molecule has 9 heteroatoms. The van der Waals surface area contributed by atoms with Crippen molar-refractivity contribution < 1.29 is 24.2 Å². The Kier molecular flexibility index (Phi) is 5.49. The van der Waals surface area contributed by atoms with Crippen LogP contribution in [-0.2, 0) is 14.3 Å². The number of urea groups is 1. The molecular formula is C19H26N4O5. The zero-order valence-corrected chi connectivity index (χ0v) is 15.5. The summed E-state index contributed by atoms with van der Waals surface area (Å²) in [5.41, 5.74) is 6.07. The number of hydrogen-bond donors (Lipinski definition) is 4. The van der Waals surface area contributed by atoms with Crippen molar-refractivity contribution in [1.29, 1.82) is 0 Å². The van der Waals surface area contributed by atoms with Gasteiger partial charge in [-0.15, -0.1) is 0 Å². The normalized spacial score (nSPS) is 33.4. The minimum Gasteiger partial charge on any atom is -0.389 e. The van der Waals surface area contributed by atoms with Crippen molar-refractivity contribution in [2.75, 3.05) is 25.0 Å². The molecule has 3 aliphatic heterocycles. The molecule has 28 heavy (non-hydrogen) atoms. The van der Waals surface area contributed by atoms with Crippen LogP contribution in [0.2, 0.25) is 0 Å². The largest absolute Gasteiger partial charge is 0.389 e. The quantitative estimate of drug-likeness (QED) is 0.567. The molecule has 3 fully saturated rings. The van der Waals surface area contributed by atoms with Crippen LogP contribution in [-0.4, -0.2) is 72.2 Å². The van der Waals surface area contributed by atoms with Gasteiger partial charge in [0.05, 0.1) is 24.8 Å². The number of ether oxygens (including phenoxy) is 2. The molecule has 5 atom stereocenters. The number of fused-ring (bicyclic) bond motifs is 2. The van der Waals surface area contributed by atoms with Gasteiger partial charge in [-0.1, -0.05) is 18.2 Å². The molecule has 4 rings (SSSR count). The molecule has 0 aromatic heterocycles. The summed E-state index contributed by atoms with van der Waals surface area (Å²) < 4.78 is 11.6. The third-order valence-electron chi connectivity index (χ3n) is 5.81. The lowest BCUT2D eigenvalue weighted by Gasteiger charge is -2.45. The number of piperidine rings is 1. The molecule has 0 aliphatic carbocycles. The first kappa shape index (κ1) is 19.1. The Balaban J connectivity index is 1.41. The van der Waals surface area contributed by atoms with Gasteiger partial charge >= 0.3 is 6.03 Å². The van der Waals surface area contributed by atoms with Gasteiger partial charge < -0.3 is 30.9 Å². The summed E-state index contributed by atoms with van der Waals surface area (Å²) in [4.78, 5) is 25.9. The standard InChI is InChI=1S/C19H26N4O5/c20-17(25)11-6-8-23(9-7-11)15-16(24)14(13-10-27-18(15)28-13)22-19(26)21-12-4-2-1-3-5-12/h1-5,11,13-16,18,24H,6-10H2,(H2,20,25)(H2,21,22,26). The number of carbonyl (C=O) groups excluding carboxylic acids is 2. The van der Waals surface area contributed by atoms with Crippen molar-refractivity contribution in [1.82, 2.24) is 10.2 Å². The van der Waals surface area contributed by atoms with E-state index in [4.69, 9.17) is 15.2 Å². The average Bonchev–Trinajstić information content (AvgIpc) is 3.12. The maximum Gasteiger partial charge on any atom is 0.319 e. The van der Waals surface area contributed by atoms with Crippen LogP contribution in [0, 0.1) is 5.92 Å².